The minimum absolute atomic E-state index is 0.0678. The Hall–Kier alpha value is -2.69. The summed E-state index contributed by atoms with van der Waals surface area (Å²) in [5.74, 6) is 0.419. The van der Waals surface area contributed by atoms with Gasteiger partial charge in [-0.2, -0.15) is 0 Å². The molecule has 0 spiro atoms. The molecule has 21 heavy (non-hydrogen) atoms. The minimum Gasteiger partial charge on any atom is -0.486 e. The SMILES string of the molecule is [N-]=[N+]=NC[C@H](O)c1cccc(N)c1OCc1ccccc1. The van der Waals surface area contributed by atoms with Crippen LogP contribution in [0.3, 0.4) is 0 Å². The third kappa shape index (κ3) is 3.89. The van der Waals surface area contributed by atoms with Crippen molar-refractivity contribution in [2.24, 2.45) is 5.11 Å². The van der Waals surface area contributed by atoms with Crippen molar-refractivity contribution in [3.8, 4) is 5.75 Å². The maximum atomic E-state index is 10.1. The fourth-order valence-electron chi connectivity index (χ4n) is 1.94. The van der Waals surface area contributed by atoms with Crippen LogP contribution in [0.2, 0.25) is 0 Å². The van der Waals surface area contributed by atoms with Crippen molar-refractivity contribution in [2.45, 2.75) is 12.7 Å². The summed E-state index contributed by atoms with van der Waals surface area (Å²) in [5, 5.41) is 13.4. The summed E-state index contributed by atoms with van der Waals surface area (Å²) < 4.78 is 5.74. The molecule has 2 rings (SSSR count). The predicted octanol–water partition coefficient (Wildman–Crippen LogP) is 3.19. The zero-order valence-corrected chi connectivity index (χ0v) is 11.4. The van der Waals surface area contributed by atoms with Crippen molar-refractivity contribution < 1.29 is 9.84 Å². The molecule has 0 aliphatic carbocycles. The molecule has 6 nitrogen and oxygen atoms in total. The normalized spacial score (nSPS) is 11.5. The number of para-hydroxylation sites is 1. The number of nitrogens with zero attached hydrogens (tertiary/aromatic N) is 3. The van der Waals surface area contributed by atoms with E-state index in [0.717, 1.165) is 5.56 Å². The van der Waals surface area contributed by atoms with Gasteiger partial charge in [-0.05, 0) is 17.2 Å². The number of aliphatic hydroxyl groups excluding tert-OH is 1. The fourth-order valence-corrected chi connectivity index (χ4v) is 1.94. The molecule has 2 aromatic rings. The molecule has 2 aromatic carbocycles. The zero-order valence-electron chi connectivity index (χ0n) is 11.4. The van der Waals surface area contributed by atoms with E-state index in [2.05, 4.69) is 10.0 Å². The van der Waals surface area contributed by atoms with Crippen LogP contribution >= 0.6 is 0 Å². The third-order valence-corrected chi connectivity index (χ3v) is 2.98. The van der Waals surface area contributed by atoms with Gasteiger partial charge in [0.1, 0.15) is 12.4 Å². The molecule has 0 amide bonds. The van der Waals surface area contributed by atoms with E-state index in [4.69, 9.17) is 16.0 Å². The smallest absolute Gasteiger partial charge is 0.148 e. The number of ether oxygens (including phenoxy) is 1. The van der Waals surface area contributed by atoms with Gasteiger partial charge in [-0.15, -0.1) is 0 Å². The maximum absolute atomic E-state index is 10.1. The van der Waals surface area contributed by atoms with Gasteiger partial charge in [0.25, 0.3) is 0 Å². The van der Waals surface area contributed by atoms with Crippen molar-refractivity contribution >= 4 is 5.69 Å². The van der Waals surface area contributed by atoms with Crippen LogP contribution in [0.15, 0.2) is 53.6 Å². The minimum atomic E-state index is -0.949. The number of hydrogen-bond acceptors (Lipinski definition) is 4. The van der Waals surface area contributed by atoms with Crippen molar-refractivity contribution in [1.29, 1.82) is 0 Å². The van der Waals surface area contributed by atoms with Gasteiger partial charge in [-0.3, -0.25) is 0 Å². The zero-order chi connectivity index (χ0) is 15.1. The summed E-state index contributed by atoms with van der Waals surface area (Å²) in [6.45, 7) is 0.276. The lowest BCUT2D eigenvalue weighted by Gasteiger charge is -2.16. The summed E-state index contributed by atoms with van der Waals surface area (Å²) >= 11 is 0. The first-order valence-electron chi connectivity index (χ1n) is 6.46. The Kier molecular flexibility index (Phi) is 5.04. The van der Waals surface area contributed by atoms with Crippen molar-refractivity contribution in [3.05, 3.63) is 70.1 Å². The predicted molar refractivity (Wildman–Crippen MR) is 80.6 cm³/mol. The van der Waals surface area contributed by atoms with Crippen molar-refractivity contribution in [2.75, 3.05) is 12.3 Å². The molecule has 0 fully saturated rings. The van der Waals surface area contributed by atoms with Gasteiger partial charge >= 0.3 is 0 Å². The van der Waals surface area contributed by atoms with E-state index in [1.807, 2.05) is 30.3 Å². The van der Waals surface area contributed by atoms with Gasteiger partial charge in [0.2, 0.25) is 0 Å². The molecule has 0 radical (unpaired) electrons. The van der Waals surface area contributed by atoms with Crippen LogP contribution in [-0.2, 0) is 6.61 Å². The van der Waals surface area contributed by atoms with Crippen molar-refractivity contribution in [3.63, 3.8) is 0 Å². The molecule has 0 bridgehead atoms. The molecular weight excluding hydrogens is 268 g/mol. The lowest BCUT2D eigenvalue weighted by atomic mass is 10.1. The lowest BCUT2D eigenvalue weighted by Crippen LogP contribution is -2.07. The average molecular weight is 284 g/mol. The van der Waals surface area contributed by atoms with Gasteiger partial charge in [0.15, 0.2) is 0 Å². The summed E-state index contributed by atoms with van der Waals surface area (Å²) in [7, 11) is 0. The molecule has 0 saturated heterocycles. The van der Waals surface area contributed by atoms with Crippen LogP contribution in [0, 0.1) is 0 Å². The molecule has 0 aromatic heterocycles. The summed E-state index contributed by atoms with van der Waals surface area (Å²) in [6, 6.07) is 14.8. The van der Waals surface area contributed by atoms with Crippen LogP contribution in [0.5, 0.6) is 5.75 Å². The molecule has 0 heterocycles. The number of anilines is 1. The second-order valence-electron chi connectivity index (χ2n) is 4.47. The molecule has 3 N–H and O–H groups in total. The molecule has 108 valence electrons. The van der Waals surface area contributed by atoms with Gasteiger partial charge < -0.3 is 15.6 Å². The Labute approximate surface area is 122 Å². The quantitative estimate of drug-likeness (QED) is 0.368. The largest absolute Gasteiger partial charge is 0.486 e. The van der Waals surface area contributed by atoms with Crippen LogP contribution in [0.4, 0.5) is 5.69 Å². The topological polar surface area (TPSA) is 104 Å². The standard InChI is InChI=1S/C15H16N4O2/c16-13-8-4-7-12(14(20)9-18-19-17)15(13)21-10-11-5-2-1-3-6-11/h1-8,14,20H,9-10,16H2/t14-/m0/s1. The van der Waals surface area contributed by atoms with E-state index in [-0.39, 0.29) is 6.54 Å². The second kappa shape index (κ2) is 7.19. The highest BCUT2D eigenvalue weighted by Crippen LogP contribution is 2.32. The monoisotopic (exact) mass is 284 g/mol. The van der Waals surface area contributed by atoms with E-state index >= 15 is 0 Å². The summed E-state index contributed by atoms with van der Waals surface area (Å²) in [4.78, 5) is 2.64. The van der Waals surface area contributed by atoms with E-state index in [0.29, 0.717) is 23.6 Å². The summed E-state index contributed by atoms with van der Waals surface area (Å²) in [5.41, 5.74) is 16.2. The van der Waals surface area contributed by atoms with Gasteiger partial charge in [-0.1, -0.05) is 47.6 Å². The van der Waals surface area contributed by atoms with Crippen LogP contribution < -0.4 is 10.5 Å². The first kappa shape index (κ1) is 14.7. The number of azide groups is 1. The molecule has 0 aliphatic heterocycles. The number of rotatable bonds is 6. The molecule has 0 aliphatic rings. The van der Waals surface area contributed by atoms with Gasteiger partial charge in [0, 0.05) is 10.5 Å². The van der Waals surface area contributed by atoms with E-state index < -0.39 is 6.10 Å². The number of aliphatic hydroxyl groups is 1. The van der Waals surface area contributed by atoms with E-state index in [1.54, 1.807) is 18.2 Å². The highest BCUT2D eigenvalue weighted by molar-refractivity contribution is 5.57. The van der Waals surface area contributed by atoms with Gasteiger partial charge in [0.05, 0.1) is 18.3 Å². The third-order valence-electron chi connectivity index (χ3n) is 2.98. The fraction of sp³-hybridized carbons (Fsp3) is 0.200. The second-order valence-corrected chi connectivity index (χ2v) is 4.47. The average Bonchev–Trinajstić information content (AvgIpc) is 2.52. The number of nitrogens with two attached hydrogens (primary N) is 1. The Morgan fingerprint density at radius 2 is 1.95 bits per heavy atom. The molecule has 0 unspecified atom stereocenters. The Morgan fingerprint density at radius 3 is 2.67 bits per heavy atom. The number of hydrogen-bond donors (Lipinski definition) is 2. The van der Waals surface area contributed by atoms with Crippen molar-refractivity contribution in [1.82, 2.24) is 0 Å². The molecule has 6 heteroatoms. The highest BCUT2D eigenvalue weighted by atomic mass is 16.5. The number of nitrogen functional groups attached to an aromatic ring is 1. The van der Waals surface area contributed by atoms with Gasteiger partial charge in [-0.25, -0.2) is 0 Å². The molecular formula is C15H16N4O2. The highest BCUT2D eigenvalue weighted by Gasteiger charge is 2.15. The first-order chi connectivity index (χ1) is 10.2. The first-order valence-corrected chi connectivity index (χ1v) is 6.46. The van der Waals surface area contributed by atoms with Crippen LogP contribution in [0.25, 0.3) is 10.4 Å². The Balaban J connectivity index is 2.19. The lowest BCUT2D eigenvalue weighted by molar-refractivity contribution is 0.179. The summed E-state index contributed by atoms with van der Waals surface area (Å²) in [6.07, 6.45) is -0.949. The number of benzene rings is 2. The van der Waals surface area contributed by atoms with E-state index in [9.17, 15) is 5.11 Å². The van der Waals surface area contributed by atoms with Crippen LogP contribution in [0.1, 0.15) is 17.2 Å². The van der Waals surface area contributed by atoms with Crippen LogP contribution in [-0.4, -0.2) is 11.7 Å². The molecule has 0 saturated carbocycles. The maximum Gasteiger partial charge on any atom is 0.148 e. The Bertz CT molecular complexity index is 639. The molecule has 1 atom stereocenters. The van der Waals surface area contributed by atoms with E-state index in [1.165, 1.54) is 0 Å². The Morgan fingerprint density at radius 1 is 1.19 bits per heavy atom.